The summed E-state index contributed by atoms with van der Waals surface area (Å²) in [4.78, 5) is 6.66. The van der Waals surface area contributed by atoms with E-state index in [1.54, 1.807) is 0 Å². The zero-order valence-electron chi connectivity index (χ0n) is 8.50. The van der Waals surface area contributed by atoms with Gasteiger partial charge in [0.2, 0.25) is 0 Å². The van der Waals surface area contributed by atoms with Crippen molar-refractivity contribution in [2.75, 3.05) is 25.0 Å². The van der Waals surface area contributed by atoms with Crippen molar-refractivity contribution >= 4 is 37.7 Å². The van der Waals surface area contributed by atoms with E-state index in [0.717, 1.165) is 27.9 Å². The maximum Gasteiger partial charge on any atom is 0.142 e. The van der Waals surface area contributed by atoms with Crippen LogP contribution in [0.1, 0.15) is 6.42 Å². The Morgan fingerprint density at radius 3 is 2.93 bits per heavy atom. The number of nitrogens with zero attached hydrogens (tertiary/aromatic N) is 2. The summed E-state index contributed by atoms with van der Waals surface area (Å²) < 4.78 is 2.03. The Bertz CT molecular complexity index is 351. The van der Waals surface area contributed by atoms with Gasteiger partial charge in [-0.1, -0.05) is 0 Å². The van der Waals surface area contributed by atoms with Crippen molar-refractivity contribution in [3.05, 3.63) is 21.2 Å². The lowest BCUT2D eigenvalue weighted by Crippen LogP contribution is -2.34. The average molecular weight is 335 g/mol. The molecule has 1 atom stereocenters. The minimum atomic E-state index is 0.551. The average Bonchev–Trinajstić information content (AvgIpc) is 2.69. The minimum absolute atomic E-state index is 0.551. The topological polar surface area (TPSA) is 28.2 Å². The molecule has 1 aliphatic rings. The molecule has 1 unspecified atom stereocenters. The van der Waals surface area contributed by atoms with Gasteiger partial charge in [0.15, 0.2) is 0 Å². The van der Waals surface area contributed by atoms with E-state index in [0.29, 0.717) is 6.04 Å². The SMILES string of the molecule is CN(c1ncc(Br)cc1Br)C1CCNC1. The maximum atomic E-state index is 4.43. The molecule has 1 aliphatic heterocycles. The molecule has 0 aromatic carbocycles. The second-order valence-electron chi connectivity index (χ2n) is 3.72. The number of anilines is 1. The highest BCUT2D eigenvalue weighted by atomic mass is 79.9. The molecule has 2 heterocycles. The van der Waals surface area contributed by atoms with E-state index in [2.05, 4.69) is 54.1 Å². The van der Waals surface area contributed by atoms with Gasteiger partial charge in [-0.05, 0) is 50.9 Å². The Morgan fingerprint density at radius 2 is 2.33 bits per heavy atom. The van der Waals surface area contributed by atoms with Gasteiger partial charge in [0, 0.05) is 30.3 Å². The van der Waals surface area contributed by atoms with Crippen LogP contribution in [0, 0.1) is 0 Å². The number of pyridine rings is 1. The van der Waals surface area contributed by atoms with Crippen LogP contribution in [0.5, 0.6) is 0 Å². The van der Waals surface area contributed by atoms with E-state index in [4.69, 9.17) is 0 Å². The standard InChI is InChI=1S/C10H13Br2N3/c1-15(8-2-3-13-6-8)10-9(12)4-7(11)5-14-10/h4-5,8,13H,2-3,6H2,1H3. The predicted octanol–water partition coefficient (Wildman–Crippen LogP) is 2.40. The van der Waals surface area contributed by atoms with E-state index in [-0.39, 0.29) is 0 Å². The van der Waals surface area contributed by atoms with Gasteiger partial charge in [-0.3, -0.25) is 0 Å². The van der Waals surface area contributed by atoms with Gasteiger partial charge in [-0.25, -0.2) is 4.98 Å². The van der Waals surface area contributed by atoms with Gasteiger partial charge in [-0.15, -0.1) is 0 Å². The number of likely N-dealkylation sites (N-methyl/N-ethyl adjacent to an activating group) is 1. The third kappa shape index (κ3) is 2.52. The summed E-state index contributed by atoms with van der Waals surface area (Å²) in [5.41, 5.74) is 0. The fourth-order valence-corrected chi connectivity index (χ4v) is 3.08. The fourth-order valence-electron chi connectivity index (χ4n) is 1.81. The molecule has 0 amide bonds. The molecule has 0 spiro atoms. The molecule has 15 heavy (non-hydrogen) atoms. The molecule has 1 fully saturated rings. The number of aromatic nitrogens is 1. The Hall–Kier alpha value is -0.130. The number of nitrogens with one attached hydrogen (secondary N) is 1. The highest BCUT2D eigenvalue weighted by molar-refractivity contribution is 9.11. The number of rotatable bonds is 2. The van der Waals surface area contributed by atoms with Crippen LogP contribution in [0.4, 0.5) is 5.82 Å². The molecule has 5 heteroatoms. The van der Waals surface area contributed by atoms with E-state index in [9.17, 15) is 0 Å². The van der Waals surface area contributed by atoms with Crippen molar-refractivity contribution in [3.8, 4) is 0 Å². The molecule has 0 bridgehead atoms. The Morgan fingerprint density at radius 1 is 1.53 bits per heavy atom. The molecule has 1 aromatic heterocycles. The lowest BCUT2D eigenvalue weighted by molar-refractivity contribution is 0.676. The summed E-state index contributed by atoms with van der Waals surface area (Å²) >= 11 is 6.95. The Kier molecular flexibility index (Phi) is 3.64. The predicted molar refractivity (Wildman–Crippen MR) is 69.3 cm³/mol. The largest absolute Gasteiger partial charge is 0.354 e. The quantitative estimate of drug-likeness (QED) is 0.900. The zero-order valence-corrected chi connectivity index (χ0v) is 11.7. The van der Waals surface area contributed by atoms with Crippen molar-refractivity contribution < 1.29 is 0 Å². The second-order valence-corrected chi connectivity index (χ2v) is 5.49. The lowest BCUT2D eigenvalue weighted by atomic mass is 10.2. The van der Waals surface area contributed by atoms with Crippen LogP contribution in [0.25, 0.3) is 0 Å². The summed E-state index contributed by atoms with van der Waals surface area (Å²) in [6.45, 7) is 2.14. The van der Waals surface area contributed by atoms with Crippen LogP contribution in [-0.2, 0) is 0 Å². The molecule has 0 saturated carbocycles. The first-order valence-electron chi connectivity index (χ1n) is 4.93. The maximum absolute atomic E-state index is 4.43. The zero-order chi connectivity index (χ0) is 10.8. The minimum Gasteiger partial charge on any atom is -0.354 e. The third-order valence-electron chi connectivity index (χ3n) is 2.70. The van der Waals surface area contributed by atoms with E-state index >= 15 is 0 Å². The van der Waals surface area contributed by atoms with Crippen LogP contribution in [0.15, 0.2) is 21.2 Å². The van der Waals surface area contributed by atoms with Crippen molar-refractivity contribution in [1.82, 2.24) is 10.3 Å². The Labute approximate surface area is 107 Å². The first-order chi connectivity index (χ1) is 7.18. The highest BCUT2D eigenvalue weighted by Gasteiger charge is 2.21. The molecule has 1 aromatic rings. The van der Waals surface area contributed by atoms with Crippen LogP contribution < -0.4 is 10.2 Å². The van der Waals surface area contributed by atoms with Crippen LogP contribution in [0.2, 0.25) is 0 Å². The van der Waals surface area contributed by atoms with E-state index in [1.807, 2.05) is 12.3 Å². The normalized spacial score (nSPS) is 20.6. The third-order valence-corrected chi connectivity index (χ3v) is 3.72. The Balaban J connectivity index is 2.20. The highest BCUT2D eigenvalue weighted by Crippen LogP contribution is 2.27. The van der Waals surface area contributed by atoms with E-state index in [1.165, 1.54) is 6.42 Å². The van der Waals surface area contributed by atoms with E-state index < -0.39 is 0 Å². The molecule has 1 saturated heterocycles. The van der Waals surface area contributed by atoms with Gasteiger partial charge < -0.3 is 10.2 Å². The van der Waals surface area contributed by atoms with Crippen molar-refractivity contribution in [2.45, 2.75) is 12.5 Å². The molecule has 0 radical (unpaired) electrons. The molecule has 82 valence electrons. The number of hydrogen-bond donors (Lipinski definition) is 1. The second kappa shape index (κ2) is 4.80. The van der Waals surface area contributed by atoms with Crippen LogP contribution in [0.3, 0.4) is 0 Å². The van der Waals surface area contributed by atoms with Crippen molar-refractivity contribution in [1.29, 1.82) is 0 Å². The van der Waals surface area contributed by atoms with Gasteiger partial charge in [0.25, 0.3) is 0 Å². The number of hydrogen-bond acceptors (Lipinski definition) is 3. The summed E-state index contributed by atoms with van der Waals surface area (Å²) in [6.07, 6.45) is 3.01. The summed E-state index contributed by atoms with van der Waals surface area (Å²) in [5, 5.41) is 3.36. The summed E-state index contributed by atoms with van der Waals surface area (Å²) in [7, 11) is 2.10. The van der Waals surface area contributed by atoms with Gasteiger partial charge >= 0.3 is 0 Å². The van der Waals surface area contributed by atoms with Gasteiger partial charge in [-0.2, -0.15) is 0 Å². The fraction of sp³-hybridized carbons (Fsp3) is 0.500. The van der Waals surface area contributed by atoms with Gasteiger partial charge in [0.1, 0.15) is 5.82 Å². The smallest absolute Gasteiger partial charge is 0.142 e. The summed E-state index contributed by atoms with van der Waals surface area (Å²) in [6, 6.07) is 2.58. The van der Waals surface area contributed by atoms with Crippen molar-refractivity contribution in [2.24, 2.45) is 0 Å². The molecule has 3 nitrogen and oxygen atoms in total. The molecular weight excluding hydrogens is 322 g/mol. The lowest BCUT2D eigenvalue weighted by Gasteiger charge is -2.25. The number of halogens is 2. The first-order valence-corrected chi connectivity index (χ1v) is 6.51. The monoisotopic (exact) mass is 333 g/mol. The van der Waals surface area contributed by atoms with Crippen LogP contribution in [-0.4, -0.2) is 31.2 Å². The first kappa shape index (κ1) is 11.4. The molecule has 1 N–H and O–H groups in total. The molecular formula is C10H13Br2N3. The molecule has 2 rings (SSSR count). The van der Waals surface area contributed by atoms with Gasteiger partial charge in [0.05, 0.1) is 4.47 Å². The summed E-state index contributed by atoms with van der Waals surface area (Å²) in [5.74, 6) is 1.01. The van der Waals surface area contributed by atoms with Crippen LogP contribution >= 0.6 is 31.9 Å². The molecule has 0 aliphatic carbocycles. The van der Waals surface area contributed by atoms with Crippen molar-refractivity contribution in [3.63, 3.8) is 0 Å².